The predicted octanol–water partition coefficient (Wildman–Crippen LogP) is 2.33. The maximum absolute atomic E-state index is 14.0. The van der Waals surface area contributed by atoms with Crippen molar-refractivity contribution in [3.63, 3.8) is 0 Å². The zero-order chi connectivity index (χ0) is 18.2. The second-order valence-corrected chi connectivity index (χ2v) is 6.48. The highest BCUT2D eigenvalue weighted by Gasteiger charge is 2.21. The fraction of sp³-hybridized carbons (Fsp3) is 0.400. The molecule has 0 fully saturated rings. The molecule has 4 nitrogen and oxygen atoms in total. The largest absolute Gasteiger partial charge is 0.391 e. The van der Waals surface area contributed by atoms with Crippen LogP contribution >= 0.6 is 0 Å². The molecule has 3 N–H and O–H groups in total. The molecule has 0 heterocycles. The maximum atomic E-state index is 14.0. The van der Waals surface area contributed by atoms with Gasteiger partial charge in [-0.15, -0.1) is 0 Å². The molecule has 2 aromatic rings. The van der Waals surface area contributed by atoms with Gasteiger partial charge in [-0.05, 0) is 25.6 Å². The summed E-state index contributed by atoms with van der Waals surface area (Å²) in [5.41, 5.74) is 1.58. The molecular formula is C20H27FN2O2. The SMILES string of the molecule is CC(O)C(NCC(O)CN(C)Cc1ccccc1)c1ccccc1F. The van der Waals surface area contributed by atoms with E-state index in [1.807, 2.05) is 42.3 Å². The molecule has 0 aliphatic heterocycles. The topological polar surface area (TPSA) is 55.7 Å². The number of benzene rings is 2. The van der Waals surface area contributed by atoms with Crippen molar-refractivity contribution in [1.82, 2.24) is 10.2 Å². The first-order valence-corrected chi connectivity index (χ1v) is 8.53. The van der Waals surface area contributed by atoms with E-state index in [1.54, 1.807) is 25.1 Å². The molecule has 0 bridgehead atoms. The molecule has 136 valence electrons. The second-order valence-electron chi connectivity index (χ2n) is 6.48. The van der Waals surface area contributed by atoms with Gasteiger partial charge in [0.1, 0.15) is 5.82 Å². The average Bonchev–Trinajstić information content (AvgIpc) is 2.57. The van der Waals surface area contributed by atoms with E-state index < -0.39 is 18.2 Å². The number of hydrogen-bond acceptors (Lipinski definition) is 4. The summed E-state index contributed by atoms with van der Waals surface area (Å²) in [7, 11) is 1.94. The van der Waals surface area contributed by atoms with Gasteiger partial charge < -0.3 is 15.5 Å². The summed E-state index contributed by atoms with van der Waals surface area (Å²) < 4.78 is 14.0. The summed E-state index contributed by atoms with van der Waals surface area (Å²) in [6.45, 7) is 3.10. The fourth-order valence-electron chi connectivity index (χ4n) is 2.91. The van der Waals surface area contributed by atoms with Crippen LogP contribution in [0, 0.1) is 5.82 Å². The smallest absolute Gasteiger partial charge is 0.128 e. The number of nitrogens with one attached hydrogen (secondary N) is 1. The van der Waals surface area contributed by atoms with Crippen molar-refractivity contribution in [3.8, 4) is 0 Å². The highest BCUT2D eigenvalue weighted by atomic mass is 19.1. The number of halogens is 1. The highest BCUT2D eigenvalue weighted by molar-refractivity contribution is 5.22. The summed E-state index contributed by atoms with van der Waals surface area (Å²) in [5.74, 6) is -0.364. The van der Waals surface area contributed by atoms with Crippen LogP contribution in [0.25, 0.3) is 0 Å². The molecule has 0 saturated carbocycles. The van der Waals surface area contributed by atoms with Crippen molar-refractivity contribution < 1.29 is 14.6 Å². The zero-order valence-corrected chi connectivity index (χ0v) is 14.8. The third-order valence-electron chi connectivity index (χ3n) is 4.11. The molecule has 0 aliphatic rings. The lowest BCUT2D eigenvalue weighted by Gasteiger charge is -2.26. The predicted molar refractivity (Wildman–Crippen MR) is 97.6 cm³/mol. The average molecular weight is 346 g/mol. The van der Waals surface area contributed by atoms with Gasteiger partial charge in [-0.3, -0.25) is 4.90 Å². The summed E-state index contributed by atoms with van der Waals surface area (Å²) in [5, 5.41) is 23.3. The van der Waals surface area contributed by atoms with Crippen LogP contribution in [0.2, 0.25) is 0 Å². The van der Waals surface area contributed by atoms with E-state index in [9.17, 15) is 14.6 Å². The Hall–Kier alpha value is -1.79. The van der Waals surface area contributed by atoms with Gasteiger partial charge in [-0.25, -0.2) is 4.39 Å². The van der Waals surface area contributed by atoms with E-state index >= 15 is 0 Å². The molecule has 0 amide bonds. The normalized spacial score (nSPS) is 15.1. The maximum Gasteiger partial charge on any atom is 0.128 e. The first-order valence-electron chi connectivity index (χ1n) is 8.53. The number of nitrogens with zero attached hydrogens (tertiary/aromatic N) is 1. The Labute approximate surface area is 148 Å². The minimum atomic E-state index is -0.772. The minimum Gasteiger partial charge on any atom is -0.391 e. The van der Waals surface area contributed by atoms with Crippen LogP contribution in [0.1, 0.15) is 24.1 Å². The van der Waals surface area contributed by atoms with Crippen molar-refractivity contribution in [1.29, 1.82) is 0 Å². The molecule has 3 atom stereocenters. The van der Waals surface area contributed by atoms with Crippen molar-refractivity contribution in [2.75, 3.05) is 20.1 Å². The van der Waals surface area contributed by atoms with Crippen LogP contribution in [0.4, 0.5) is 4.39 Å². The summed E-state index contributed by atoms with van der Waals surface area (Å²) in [4.78, 5) is 2.03. The van der Waals surface area contributed by atoms with Crippen LogP contribution in [0.3, 0.4) is 0 Å². The van der Waals surface area contributed by atoms with Gasteiger partial charge in [0, 0.05) is 25.2 Å². The van der Waals surface area contributed by atoms with Gasteiger partial charge in [-0.2, -0.15) is 0 Å². The fourth-order valence-corrected chi connectivity index (χ4v) is 2.91. The van der Waals surface area contributed by atoms with Crippen LogP contribution in [0.15, 0.2) is 54.6 Å². The lowest BCUT2D eigenvalue weighted by atomic mass is 10.0. The number of aliphatic hydroxyl groups excluding tert-OH is 2. The molecule has 0 radical (unpaired) electrons. The van der Waals surface area contributed by atoms with Crippen molar-refractivity contribution in [3.05, 3.63) is 71.5 Å². The van der Waals surface area contributed by atoms with E-state index in [4.69, 9.17) is 0 Å². The van der Waals surface area contributed by atoms with E-state index in [0.29, 0.717) is 12.1 Å². The van der Waals surface area contributed by atoms with Crippen molar-refractivity contribution in [2.24, 2.45) is 0 Å². The van der Waals surface area contributed by atoms with Crippen LogP contribution in [-0.4, -0.2) is 47.5 Å². The summed E-state index contributed by atoms with van der Waals surface area (Å²) in [6, 6.07) is 15.9. The first-order chi connectivity index (χ1) is 12.0. The molecule has 3 unspecified atom stereocenters. The molecule has 5 heteroatoms. The van der Waals surface area contributed by atoms with Crippen LogP contribution in [0.5, 0.6) is 0 Å². The lowest BCUT2D eigenvalue weighted by molar-refractivity contribution is 0.0986. The molecule has 0 spiro atoms. The van der Waals surface area contributed by atoms with Crippen molar-refractivity contribution in [2.45, 2.75) is 31.7 Å². The second kappa shape index (κ2) is 9.63. The van der Waals surface area contributed by atoms with Gasteiger partial charge in [0.25, 0.3) is 0 Å². The Balaban J connectivity index is 1.86. The van der Waals surface area contributed by atoms with E-state index in [-0.39, 0.29) is 12.4 Å². The Morgan fingerprint density at radius 1 is 1.04 bits per heavy atom. The third kappa shape index (κ3) is 6.21. The Bertz CT molecular complexity index is 637. The Morgan fingerprint density at radius 3 is 2.32 bits per heavy atom. The number of hydrogen-bond donors (Lipinski definition) is 3. The lowest BCUT2D eigenvalue weighted by Crippen LogP contribution is -2.40. The number of likely N-dealkylation sites (N-methyl/N-ethyl adjacent to an activating group) is 1. The van der Waals surface area contributed by atoms with Gasteiger partial charge in [0.15, 0.2) is 0 Å². The third-order valence-corrected chi connectivity index (χ3v) is 4.11. The van der Waals surface area contributed by atoms with Gasteiger partial charge in [0.05, 0.1) is 18.2 Å². The van der Waals surface area contributed by atoms with Crippen molar-refractivity contribution >= 4 is 0 Å². The molecule has 0 aromatic heterocycles. The quantitative estimate of drug-likeness (QED) is 0.652. The standard InChI is InChI=1S/C20H27FN2O2/c1-15(24)20(18-10-6-7-11-19(18)21)22-12-17(25)14-23(2)13-16-8-4-3-5-9-16/h3-11,15,17,20,22,24-25H,12-14H2,1-2H3. The highest BCUT2D eigenvalue weighted by Crippen LogP contribution is 2.20. The molecule has 0 aliphatic carbocycles. The Morgan fingerprint density at radius 2 is 1.68 bits per heavy atom. The molecule has 25 heavy (non-hydrogen) atoms. The monoisotopic (exact) mass is 346 g/mol. The summed E-state index contributed by atoms with van der Waals surface area (Å²) >= 11 is 0. The molecule has 0 saturated heterocycles. The molecule has 2 aromatic carbocycles. The van der Waals surface area contributed by atoms with Gasteiger partial charge >= 0.3 is 0 Å². The number of aliphatic hydroxyl groups is 2. The Kier molecular flexibility index (Phi) is 7.52. The zero-order valence-electron chi connectivity index (χ0n) is 14.8. The molecule has 2 rings (SSSR count). The van der Waals surface area contributed by atoms with Gasteiger partial charge in [0.2, 0.25) is 0 Å². The van der Waals surface area contributed by atoms with E-state index in [1.165, 1.54) is 11.6 Å². The number of rotatable bonds is 9. The summed E-state index contributed by atoms with van der Waals surface area (Å²) in [6.07, 6.45) is -1.40. The van der Waals surface area contributed by atoms with Crippen LogP contribution < -0.4 is 5.32 Å². The molecular weight excluding hydrogens is 319 g/mol. The van der Waals surface area contributed by atoms with E-state index in [2.05, 4.69) is 5.32 Å². The van der Waals surface area contributed by atoms with E-state index in [0.717, 1.165) is 6.54 Å². The van der Waals surface area contributed by atoms with Crippen LogP contribution in [-0.2, 0) is 6.54 Å². The first kappa shape index (κ1) is 19.5. The van der Waals surface area contributed by atoms with Gasteiger partial charge in [-0.1, -0.05) is 48.5 Å². The minimum absolute atomic E-state index is 0.267.